The molecule has 0 aliphatic heterocycles. The number of hydrogen-bond acceptors (Lipinski definition) is 2. The summed E-state index contributed by atoms with van der Waals surface area (Å²) in [4.78, 5) is 13.0. The Morgan fingerprint density at radius 3 is 2.03 bits per heavy atom. The van der Waals surface area contributed by atoms with Gasteiger partial charge in [-0.25, -0.2) is 0 Å². The summed E-state index contributed by atoms with van der Waals surface area (Å²) < 4.78 is 5.63. The molecule has 0 N–H and O–H groups in total. The van der Waals surface area contributed by atoms with Gasteiger partial charge in [-0.15, -0.1) is 0 Å². The molecular formula is C31H32O2. The van der Waals surface area contributed by atoms with Crippen molar-refractivity contribution in [3.05, 3.63) is 102 Å². The highest BCUT2D eigenvalue weighted by molar-refractivity contribution is 6.11. The van der Waals surface area contributed by atoms with Crippen LogP contribution < -0.4 is 0 Å². The summed E-state index contributed by atoms with van der Waals surface area (Å²) in [6, 6.07) is 27.0. The molecule has 1 atom stereocenters. The molecule has 0 amide bonds. The number of allylic oxidation sites excluding steroid dienone is 1. The second kappa shape index (κ2) is 9.72. The summed E-state index contributed by atoms with van der Waals surface area (Å²) >= 11 is 0. The van der Waals surface area contributed by atoms with Crippen LogP contribution in [0, 0.1) is 0 Å². The Bertz CT molecular complexity index is 1240. The number of benzene rings is 4. The monoisotopic (exact) mass is 436 g/mol. The van der Waals surface area contributed by atoms with Gasteiger partial charge < -0.3 is 4.74 Å². The van der Waals surface area contributed by atoms with Crippen LogP contribution in [-0.2, 0) is 4.74 Å². The largest absolute Gasteiger partial charge is 0.379 e. The van der Waals surface area contributed by atoms with E-state index in [2.05, 4.69) is 75.4 Å². The quantitative estimate of drug-likeness (QED) is 0.158. The summed E-state index contributed by atoms with van der Waals surface area (Å²) in [5.74, 6) is 0.422. The van der Waals surface area contributed by atoms with Crippen LogP contribution in [0.25, 0.3) is 27.6 Å². The van der Waals surface area contributed by atoms with Gasteiger partial charge in [0.2, 0.25) is 0 Å². The van der Waals surface area contributed by atoms with Crippen molar-refractivity contribution < 1.29 is 9.53 Å². The maximum atomic E-state index is 13.0. The van der Waals surface area contributed by atoms with Crippen LogP contribution in [0.3, 0.4) is 0 Å². The standard InChI is InChI=1S/C31H32O2/c1-5-22(21-31(2,3)33-4)23-14-16-24(17-15-23)30(32)19-18-29-27-12-8-6-10-25(27)20-26-11-7-9-13-28(26)29/h6-20,22H,5,21H2,1-4H3/b19-18+. The Balaban J connectivity index is 1.61. The van der Waals surface area contributed by atoms with Gasteiger partial charge in [-0.3, -0.25) is 4.79 Å². The lowest BCUT2D eigenvalue weighted by molar-refractivity contribution is 0.00921. The van der Waals surface area contributed by atoms with Crippen molar-refractivity contribution in [3.63, 3.8) is 0 Å². The lowest BCUT2D eigenvalue weighted by atomic mass is 9.85. The van der Waals surface area contributed by atoms with E-state index >= 15 is 0 Å². The van der Waals surface area contributed by atoms with Crippen molar-refractivity contribution in [2.45, 2.75) is 45.1 Å². The van der Waals surface area contributed by atoms with E-state index < -0.39 is 0 Å². The first kappa shape index (κ1) is 22.9. The van der Waals surface area contributed by atoms with E-state index in [0.29, 0.717) is 11.5 Å². The number of hydrogen-bond donors (Lipinski definition) is 0. The third kappa shape index (κ3) is 5.07. The second-order valence-corrected chi connectivity index (χ2v) is 9.33. The van der Waals surface area contributed by atoms with Crippen LogP contribution in [-0.4, -0.2) is 18.5 Å². The number of carbonyl (C=O) groups is 1. The predicted octanol–water partition coefficient (Wildman–Crippen LogP) is 8.20. The first-order chi connectivity index (χ1) is 15.9. The Hall–Kier alpha value is -3.23. The van der Waals surface area contributed by atoms with Crippen LogP contribution in [0.2, 0.25) is 0 Å². The van der Waals surface area contributed by atoms with Crippen LogP contribution in [0.15, 0.2) is 84.9 Å². The Morgan fingerprint density at radius 1 is 0.909 bits per heavy atom. The zero-order chi connectivity index (χ0) is 23.4. The second-order valence-electron chi connectivity index (χ2n) is 9.33. The fourth-order valence-electron chi connectivity index (χ4n) is 4.58. The van der Waals surface area contributed by atoms with E-state index in [4.69, 9.17) is 4.74 Å². The molecule has 168 valence electrons. The van der Waals surface area contributed by atoms with Gasteiger partial charge in [-0.1, -0.05) is 79.7 Å². The molecule has 2 heteroatoms. The highest BCUT2D eigenvalue weighted by Gasteiger charge is 2.23. The maximum absolute atomic E-state index is 13.0. The molecule has 4 aromatic carbocycles. The van der Waals surface area contributed by atoms with E-state index in [1.807, 2.05) is 30.3 Å². The smallest absolute Gasteiger partial charge is 0.185 e. The van der Waals surface area contributed by atoms with E-state index in [1.165, 1.54) is 16.3 Å². The summed E-state index contributed by atoms with van der Waals surface area (Å²) in [7, 11) is 1.76. The fraction of sp³-hybridized carbons (Fsp3) is 0.258. The van der Waals surface area contributed by atoms with Gasteiger partial charge in [0.05, 0.1) is 5.60 Å². The molecule has 4 aromatic rings. The van der Waals surface area contributed by atoms with E-state index in [1.54, 1.807) is 13.2 Å². The molecule has 2 nitrogen and oxygen atoms in total. The van der Waals surface area contributed by atoms with Crippen LogP contribution in [0.4, 0.5) is 0 Å². The minimum atomic E-state index is -0.168. The zero-order valence-electron chi connectivity index (χ0n) is 20.0. The van der Waals surface area contributed by atoms with E-state index in [9.17, 15) is 4.79 Å². The van der Waals surface area contributed by atoms with Crippen molar-refractivity contribution in [1.29, 1.82) is 0 Å². The molecule has 0 heterocycles. The number of fused-ring (bicyclic) bond motifs is 2. The van der Waals surface area contributed by atoms with Gasteiger partial charge >= 0.3 is 0 Å². The van der Waals surface area contributed by atoms with Crippen molar-refractivity contribution in [1.82, 2.24) is 0 Å². The summed E-state index contributed by atoms with van der Waals surface area (Å²) in [5, 5.41) is 4.67. The molecule has 4 rings (SSSR count). The van der Waals surface area contributed by atoms with Crippen LogP contribution >= 0.6 is 0 Å². The van der Waals surface area contributed by atoms with Crippen molar-refractivity contribution in [2.75, 3.05) is 7.11 Å². The third-order valence-electron chi connectivity index (χ3n) is 6.66. The third-order valence-corrected chi connectivity index (χ3v) is 6.66. The highest BCUT2D eigenvalue weighted by Crippen LogP contribution is 2.31. The molecule has 0 aromatic heterocycles. The molecule has 33 heavy (non-hydrogen) atoms. The van der Waals surface area contributed by atoms with Gasteiger partial charge in [-0.05, 0) is 83.5 Å². The summed E-state index contributed by atoms with van der Waals surface area (Å²) in [5.41, 5.74) is 2.88. The van der Waals surface area contributed by atoms with E-state index in [0.717, 1.165) is 29.2 Å². The normalized spacial score (nSPS) is 13.1. The molecule has 0 bridgehead atoms. The molecule has 0 radical (unpaired) electrons. The van der Waals surface area contributed by atoms with Crippen LogP contribution in [0.1, 0.15) is 61.0 Å². The molecule has 0 aliphatic rings. The van der Waals surface area contributed by atoms with Crippen molar-refractivity contribution in [2.24, 2.45) is 0 Å². The predicted molar refractivity (Wildman–Crippen MR) is 140 cm³/mol. The molecule has 0 aliphatic carbocycles. The number of rotatable bonds is 8. The first-order valence-electron chi connectivity index (χ1n) is 11.7. The molecule has 0 fully saturated rings. The van der Waals surface area contributed by atoms with E-state index in [-0.39, 0.29) is 11.4 Å². The van der Waals surface area contributed by atoms with Crippen molar-refractivity contribution >= 4 is 33.4 Å². The van der Waals surface area contributed by atoms with Crippen molar-refractivity contribution in [3.8, 4) is 0 Å². The summed E-state index contributed by atoms with van der Waals surface area (Å²) in [6.45, 7) is 6.44. The molecule has 0 saturated carbocycles. The van der Waals surface area contributed by atoms with Gasteiger partial charge in [-0.2, -0.15) is 0 Å². The van der Waals surface area contributed by atoms with Crippen LogP contribution in [0.5, 0.6) is 0 Å². The average molecular weight is 437 g/mol. The van der Waals surface area contributed by atoms with Gasteiger partial charge in [0.1, 0.15) is 0 Å². The minimum Gasteiger partial charge on any atom is -0.379 e. The molecule has 1 unspecified atom stereocenters. The number of methoxy groups -OCH3 is 1. The molecule has 0 saturated heterocycles. The van der Waals surface area contributed by atoms with Gasteiger partial charge in [0.25, 0.3) is 0 Å². The molecular weight excluding hydrogens is 404 g/mol. The number of ether oxygens (including phenoxy) is 1. The Labute approximate surface area is 196 Å². The summed E-state index contributed by atoms with van der Waals surface area (Å²) in [6.07, 6.45) is 5.65. The first-order valence-corrected chi connectivity index (χ1v) is 11.7. The molecule has 0 spiro atoms. The van der Waals surface area contributed by atoms with Gasteiger partial charge in [0.15, 0.2) is 5.78 Å². The number of ketones is 1. The SMILES string of the molecule is CCC(CC(C)(C)OC)c1ccc(C(=O)/C=C/c2c3ccccc3cc3ccccc23)cc1. The lowest BCUT2D eigenvalue weighted by Crippen LogP contribution is -2.25. The number of carbonyl (C=O) groups excluding carboxylic acids is 1. The highest BCUT2D eigenvalue weighted by atomic mass is 16.5. The lowest BCUT2D eigenvalue weighted by Gasteiger charge is -2.28. The Kier molecular flexibility index (Phi) is 6.76. The zero-order valence-corrected chi connectivity index (χ0v) is 20.0. The topological polar surface area (TPSA) is 26.3 Å². The Morgan fingerprint density at radius 2 is 1.48 bits per heavy atom. The fourth-order valence-corrected chi connectivity index (χ4v) is 4.58. The maximum Gasteiger partial charge on any atom is 0.185 e. The minimum absolute atomic E-state index is 0.0174. The van der Waals surface area contributed by atoms with Gasteiger partial charge in [0, 0.05) is 12.7 Å². The average Bonchev–Trinajstić information content (AvgIpc) is 2.85.